The molecular formula is C10H7F6NO4S2. The molecule has 0 fully saturated rings. The van der Waals surface area contributed by atoms with E-state index in [1.807, 2.05) is 0 Å². The number of hydrogen-bond donors (Lipinski definition) is 0. The lowest BCUT2D eigenvalue weighted by Gasteiger charge is -2.25. The van der Waals surface area contributed by atoms with Crippen LogP contribution in [0.3, 0.4) is 0 Å². The first-order valence-corrected chi connectivity index (χ1v) is 8.20. The zero-order valence-electron chi connectivity index (χ0n) is 10.8. The van der Waals surface area contributed by atoms with Crippen LogP contribution >= 0.6 is 0 Å². The Kier molecular flexibility index (Phi) is 4.78. The summed E-state index contributed by atoms with van der Waals surface area (Å²) >= 11 is 0. The monoisotopic (exact) mass is 383 g/mol. The second-order valence-electron chi connectivity index (χ2n) is 3.89. The summed E-state index contributed by atoms with van der Waals surface area (Å²) in [5, 5.41) is 0. The lowest BCUT2D eigenvalue weighted by molar-refractivity contribution is -0.0462. The van der Waals surface area contributed by atoms with Gasteiger partial charge in [-0.1, -0.05) is 24.8 Å². The molecule has 1 rings (SSSR count). The van der Waals surface area contributed by atoms with Crippen LogP contribution in [-0.2, 0) is 20.0 Å². The Morgan fingerprint density at radius 1 is 0.826 bits per heavy atom. The Balaban J connectivity index is 3.73. The van der Waals surface area contributed by atoms with Crippen LogP contribution in [0, 0.1) is 0 Å². The standard InChI is InChI=1S/C10H7F6NO4S2/c1-2-7-3-5-8(6-4-7)17(22(18,19)9(11,12)13)23(20,21)10(14,15)16/h2-6H,1H2. The molecule has 0 amide bonds. The van der Waals surface area contributed by atoms with Gasteiger partial charge in [0.15, 0.2) is 0 Å². The van der Waals surface area contributed by atoms with Crippen LogP contribution in [0.4, 0.5) is 32.0 Å². The molecule has 0 aliphatic heterocycles. The molecule has 0 aliphatic carbocycles. The Hall–Kier alpha value is -1.76. The van der Waals surface area contributed by atoms with E-state index in [9.17, 15) is 43.2 Å². The summed E-state index contributed by atoms with van der Waals surface area (Å²) in [5.74, 6) is 0. The number of alkyl halides is 6. The summed E-state index contributed by atoms with van der Waals surface area (Å²) in [5.41, 5.74) is -13.7. The van der Waals surface area contributed by atoms with E-state index in [0.29, 0.717) is 12.1 Å². The van der Waals surface area contributed by atoms with Crippen molar-refractivity contribution >= 4 is 31.8 Å². The second kappa shape index (κ2) is 5.70. The smallest absolute Gasteiger partial charge is 0.196 e. The predicted octanol–water partition coefficient (Wildman–Crippen LogP) is 2.84. The van der Waals surface area contributed by atoms with Gasteiger partial charge in [-0.25, -0.2) is 0 Å². The maximum Gasteiger partial charge on any atom is 0.517 e. The van der Waals surface area contributed by atoms with Crippen molar-refractivity contribution in [2.24, 2.45) is 0 Å². The van der Waals surface area contributed by atoms with E-state index in [-0.39, 0.29) is 5.56 Å². The lowest BCUT2D eigenvalue weighted by atomic mass is 10.2. The summed E-state index contributed by atoms with van der Waals surface area (Å²) in [6.45, 7) is 3.27. The fraction of sp³-hybridized carbons (Fsp3) is 0.200. The van der Waals surface area contributed by atoms with Crippen molar-refractivity contribution in [1.82, 2.24) is 0 Å². The van der Waals surface area contributed by atoms with E-state index in [0.717, 1.165) is 18.2 Å². The predicted molar refractivity (Wildman–Crippen MR) is 69.0 cm³/mol. The van der Waals surface area contributed by atoms with E-state index >= 15 is 0 Å². The first kappa shape index (κ1) is 19.3. The highest BCUT2D eigenvalue weighted by Crippen LogP contribution is 2.38. The van der Waals surface area contributed by atoms with Crippen LogP contribution in [0.25, 0.3) is 6.08 Å². The highest BCUT2D eigenvalue weighted by Gasteiger charge is 2.61. The van der Waals surface area contributed by atoms with Crippen molar-refractivity contribution < 1.29 is 43.2 Å². The summed E-state index contributed by atoms with van der Waals surface area (Å²) in [6, 6.07) is 2.74. The molecular weight excluding hydrogens is 376 g/mol. The topological polar surface area (TPSA) is 71.5 Å². The molecule has 5 nitrogen and oxygen atoms in total. The molecule has 0 bridgehead atoms. The van der Waals surface area contributed by atoms with Crippen LogP contribution in [0.1, 0.15) is 5.56 Å². The highest BCUT2D eigenvalue weighted by molar-refractivity contribution is 8.11. The molecule has 0 spiro atoms. The fourth-order valence-corrected chi connectivity index (χ4v) is 4.04. The quantitative estimate of drug-likeness (QED) is 0.750. The van der Waals surface area contributed by atoms with Crippen LogP contribution in [0.2, 0.25) is 0 Å². The molecule has 0 heterocycles. The Bertz CT molecular complexity index is 749. The molecule has 0 saturated carbocycles. The van der Waals surface area contributed by atoms with Crippen molar-refractivity contribution in [3.05, 3.63) is 36.4 Å². The number of rotatable bonds is 4. The van der Waals surface area contributed by atoms with Gasteiger partial charge in [-0.3, -0.25) is 0 Å². The molecule has 0 N–H and O–H groups in total. The molecule has 13 heteroatoms. The number of halogens is 6. The van der Waals surface area contributed by atoms with Gasteiger partial charge in [0.1, 0.15) is 0 Å². The summed E-state index contributed by atoms with van der Waals surface area (Å²) in [7, 11) is -13.7. The molecule has 0 aliphatic rings. The van der Waals surface area contributed by atoms with Gasteiger partial charge < -0.3 is 0 Å². The van der Waals surface area contributed by atoms with Crippen molar-refractivity contribution in [3.63, 3.8) is 0 Å². The minimum atomic E-state index is -6.85. The third kappa shape index (κ3) is 3.44. The van der Waals surface area contributed by atoms with Crippen LogP contribution in [0.15, 0.2) is 30.8 Å². The molecule has 0 atom stereocenters. The summed E-state index contributed by atoms with van der Waals surface area (Å²) in [4.78, 5) is 0. The molecule has 0 saturated heterocycles. The Labute approximate surface area is 126 Å². The molecule has 0 unspecified atom stereocenters. The SMILES string of the molecule is C=Cc1ccc(N(S(=O)(=O)C(F)(F)F)S(=O)(=O)C(F)(F)F)cc1. The molecule has 23 heavy (non-hydrogen) atoms. The molecule has 1 aromatic rings. The van der Waals surface area contributed by atoms with E-state index in [1.54, 1.807) is 0 Å². The first-order chi connectivity index (χ1) is 10.2. The number of nitrogens with zero attached hydrogens (tertiary/aromatic N) is 1. The molecule has 130 valence electrons. The van der Waals surface area contributed by atoms with Crippen molar-refractivity contribution in [2.45, 2.75) is 11.0 Å². The highest BCUT2D eigenvalue weighted by atomic mass is 32.3. The number of sulfonamides is 2. The van der Waals surface area contributed by atoms with Crippen molar-refractivity contribution in [3.8, 4) is 0 Å². The van der Waals surface area contributed by atoms with E-state index in [2.05, 4.69) is 6.58 Å². The number of benzene rings is 1. The van der Waals surface area contributed by atoms with Gasteiger partial charge in [0.05, 0.1) is 5.69 Å². The molecule has 1 aromatic carbocycles. The van der Waals surface area contributed by atoms with Gasteiger partial charge in [-0.05, 0) is 17.7 Å². The van der Waals surface area contributed by atoms with E-state index in [4.69, 9.17) is 0 Å². The van der Waals surface area contributed by atoms with Gasteiger partial charge in [0.2, 0.25) is 0 Å². The van der Waals surface area contributed by atoms with E-state index in [1.165, 1.54) is 0 Å². The van der Waals surface area contributed by atoms with Gasteiger partial charge in [0, 0.05) is 0 Å². The minimum Gasteiger partial charge on any atom is -0.196 e. The van der Waals surface area contributed by atoms with Gasteiger partial charge in [0.25, 0.3) is 0 Å². The number of anilines is 1. The van der Waals surface area contributed by atoms with Crippen molar-refractivity contribution in [2.75, 3.05) is 3.71 Å². The Morgan fingerprint density at radius 2 is 1.17 bits per heavy atom. The molecule has 0 radical (unpaired) electrons. The summed E-state index contributed by atoms with van der Waals surface area (Å²) in [6.07, 6.45) is 1.16. The van der Waals surface area contributed by atoms with E-state index < -0.39 is 40.5 Å². The van der Waals surface area contributed by atoms with Crippen molar-refractivity contribution in [1.29, 1.82) is 0 Å². The first-order valence-electron chi connectivity index (χ1n) is 5.32. The third-order valence-electron chi connectivity index (χ3n) is 2.36. The second-order valence-corrected chi connectivity index (χ2v) is 7.68. The Morgan fingerprint density at radius 3 is 1.43 bits per heavy atom. The van der Waals surface area contributed by atoms with Gasteiger partial charge in [-0.2, -0.15) is 43.2 Å². The largest absolute Gasteiger partial charge is 0.517 e. The van der Waals surface area contributed by atoms with Gasteiger partial charge >= 0.3 is 31.1 Å². The normalized spacial score (nSPS) is 13.7. The van der Waals surface area contributed by atoms with Crippen LogP contribution in [-0.4, -0.2) is 27.9 Å². The maximum absolute atomic E-state index is 12.6. The average Bonchev–Trinajstić information content (AvgIpc) is 2.36. The lowest BCUT2D eigenvalue weighted by Crippen LogP contribution is -2.49. The zero-order valence-corrected chi connectivity index (χ0v) is 12.4. The third-order valence-corrected chi connectivity index (χ3v) is 6.00. The summed E-state index contributed by atoms with van der Waals surface area (Å²) < 4.78 is 119. The maximum atomic E-state index is 12.6. The van der Waals surface area contributed by atoms with Crippen LogP contribution < -0.4 is 3.71 Å². The van der Waals surface area contributed by atoms with Gasteiger partial charge in [-0.15, -0.1) is 3.71 Å². The zero-order chi connectivity index (χ0) is 18.3. The fourth-order valence-electron chi connectivity index (χ4n) is 1.33. The average molecular weight is 383 g/mol. The van der Waals surface area contributed by atoms with Crippen LogP contribution in [0.5, 0.6) is 0 Å². The minimum absolute atomic E-state index is 0.211. The molecule has 0 aromatic heterocycles. The number of hydrogen-bond acceptors (Lipinski definition) is 4.